The van der Waals surface area contributed by atoms with E-state index in [0.717, 1.165) is 5.56 Å². The van der Waals surface area contributed by atoms with E-state index in [4.69, 9.17) is 0 Å². The minimum atomic E-state index is -4.66. The van der Waals surface area contributed by atoms with Gasteiger partial charge in [-0.2, -0.15) is 0 Å². The van der Waals surface area contributed by atoms with Crippen molar-refractivity contribution in [2.24, 2.45) is 0 Å². The first-order chi connectivity index (χ1) is 9.94. The molecule has 2 aromatic rings. The molecule has 114 valence electrons. The fourth-order valence-electron chi connectivity index (χ4n) is 1.82. The van der Waals surface area contributed by atoms with Crippen LogP contribution in [0.2, 0.25) is 0 Å². The van der Waals surface area contributed by atoms with Crippen LogP contribution in [0.3, 0.4) is 0 Å². The van der Waals surface area contributed by atoms with Crippen molar-refractivity contribution in [2.45, 2.75) is 25.9 Å². The van der Waals surface area contributed by atoms with Gasteiger partial charge in [-0.05, 0) is 24.6 Å². The van der Waals surface area contributed by atoms with E-state index >= 15 is 0 Å². The van der Waals surface area contributed by atoms with Crippen LogP contribution < -0.4 is 10.1 Å². The summed E-state index contributed by atoms with van der Waals surface area (Å²) in [6.07, 6.45) is -1.30. The molecule has 0 saturated carbocycles. The Morgan fingerprint density at radius 1 is 1.29 bits per heavy atom. The second kappa shape index (κ2) is 6.57. The molecule has 8 heteroatoms. The van der Waals surface area contributed by atoms with Gasteiger partial charge in [0.15, 0.2) is 0 Å². The molecule has 5 nitrogen and oxygen atoms in total. The molecule has 1 N–H and O–H groups in total. The second-order valence-corrected chi connectivity index (χ2v) is 4.46. The number of alkyl halides is 3. The zero-order valence-electron chi connectivity index (χ0n) is 11.3. The van der Waals surface area contributed by atoms with Gasteiger partial charge in [-0.1, -0.05) is 17.3 Å². The predicted molar refractivity (Wildman–Crippen MR) is 69.6 cm³/mol. The summed E-state index contributed by atoms with van der Waals surface area (Å²) < 4.78 is 41.7. The maximum Gasteiger partial charge on any atom is 0.573 e. The van der Waals surface area contributed by atoms with E-state index in [1.54, 1.807) is 29.2 Å². The van der Waals surface area contributed by atoms with Gasteiger partial charge in [0.05, 0.1) is 12.7 Å². The largest absolute Gasteiger partial charge is 0.573 e. The predicted octanol–water partition coefficient (Wildman–Crippen LogP) is 2.53. The molecule has 0 spiro atoms. The Bertz CT molecular complexity index is 540. The first kappa shape index (κ1) is 15.3. The smallest absolute Gasteiger partial charge is 0.406 e. The van der Waals surface area contributed by atoms with Crippen LogP contribution in [0.5, 0.6) is 5.75 Å². The molecule has 0 aliphatic carbocycles. The van der Waals surface area contributed by atoms with Crippen LogP contribution in [0.15, 0.2) is 36.7 Å². The summed E-state index contributed by atoms with van der Waals surface area (Å²) in [5, 5.41) is 10.8. The Morgan fingerprint density at radius 2 is 2.00 bits per heavy atom. The summed E-state index contributed by atoms with van der Waals surface area (Å²) >= 11 is 0. The minimum absolute atomic E-state index is 0.00783. The van der Waals surface area contributed by atoms with Crippen LogP contribution >= 0.6 is 0 Å². The molecule has 21 heavy (non-hydrogen) atoms. The van der Waals surface area contributed by atoms with Gasteiger partial charge in [-0.15, -0.1) is 18.3 Å². The number of halogens is 3. The lowest BCUT2D eigenvalue weighted by Gasteiger charge is -2.15. The van der Waals surface area contributed by atoms with Crippen molar-refractivity contribution in [3.05, 3.63) is 42.2 Å². The van der Waals surface area contributed by atoms with Crippen LogP contribution in [0.25, 0.3) is 0 Å². The summed E-state index contributed by atoms with van der Waals surface area (Å²) in [5.41, 5.74) is 0.878. The fraction of sp³-hybridized carbons (Fsp3) is 0.385. The van der Waals surface area contributed by atoms with E-state index in [0.29, 0.717) is 13.1 Å². The minimum Gasteiger partial charge on any atom is -0.406 e. The number of benzene rings is 1. The highest BCUT2D eigenvalue weighted by atomic mass is 19.4. The third-order valence-electron chi connectivity index (χ3n) is 2.88. The van der Waals surface area contributed by atoms with Gasteiger partial charge in [-0.3, -0.25) is 4.68 Å². The SMILES string of the molecule is CC(NCCn1ccnn1)c1ccc(OC(F)(F)F)cc1. The normalized spacial score (nSPS) is 13.1. The maximum atomic E-state index is 12.1. The highest BCUT2D eigenvalue weighted by Crippen LogP contribution is 2.24. The first-order valence-corrected chi connectivity index (χ1v) is 6.37. The van der Waals surface area contributed by atoms with Crippen LogP contribution in [0, 0.1) is 0 Å². The molecule has 1 aromatic carbocycles. The number of ether oxygens (including phenoxy) is 1. The summed E-state index contributed by atoms with van der Waals surface area (Å²) in [7, 11) is 0. The molecule has 1 heterocycles. The van der Waals surface area contributed by atoms with Crippen molar-refractivity contribution < 1.29 is 17.9 Å². The van der Waals surface area contributed by atoms with Gasteiger partial charge in [0, 0.05) is 18.8 Å². The van der Waals surface area contributed by atoms with Gasteiger partial charge in [0.25, 0.3) is 0 Å². The fourth-order valence-corrected chi connectivity index (χ4v) is 1.82. The van der Waals surface area contributed by atoms with E-state index in [1.807, 2.05) is 6.92 Å². The van der Waals surface area contributed by atoms with Gasteiger partial charge in [0.2, 0.25) is 0 Å². The van der Waals surface area contributed by atoms with E-state index in [1.165, 1.54) is 12.1 Å². The third kappa shape index (κ3) is 5.07. The zero-order valence-corrected chi connectivity index (χ0v) is 11.3. The molecule has 0 radical (unpaired) electrons. The van der Waals surface area contributed by atoms with Gasteiger partial charge in [0.1, 0.15) is 5.75 Å². The molecule has 2 rings (SSSR count). The van der Waals surface area contributed by atoms with Crippen molar-refractivity contribution in [3.63, 3.8) is 0 Å². The van der Waals surface area contributed by atoms with E-state index in [2.05, 4.69) is 20.4 Å². The van der Waals surface area contributed by atoms with Crippen molar-refractivity contribution >= 4 is 0 Å². The molecule has 0 bridgehead atoms. The average Bonchev–Trinajstić information content (AvgIpc) is 2.91. The van der Waals surface area contributed by atoms with Crippen LogP contribution in [-0.4, -0.2) is 27.9 Å². The Labute approximate surface area is 119 Å². The number of hydrogen-bond acceptors (Lipinski definition) is 4. The zero-order chi connectivity index (χ0) is 15.3. The number of hydrogen-bond donors (Lipinski definition) is 1. The Hall–Kier alpha value is -2.09. The summed E-state index contributed by atoms with van der Waals surface area (Å²) in [6, 6.07) is 5.83. The Kier molecular flexibility index (Phi) is 4.79. The molecule has 1 aromatic heterocycles. The monoisotopic (exact) mass is 300 g/mol. The summed E-state index contributed by atoms with van der Waals surface area (Å²) in [6.45, 7) is 3.27. The highest BCUT2D eigenvalue weighted by molar-refractivity contribution is 5.29. The van der Waals surface area contributed by atoms with Gasteiger partial charge >= 0.3 is 6.36 Å². The third-order valence-corrected chi connectivity index (χ3v) is 2.88. The van der Waals surface area contributed by atoms with Crippen molar-refractivity contribution in [2.75, 3.05) is 6.54 Å². The maximum absolute atomic E-state index is 12.1. The van der Waals surface area contributed by atoms with E-state index in [9.17, 15) is 13.2 Å². The lowest BCUT2D eigenvalue weighted by atomic mass is 10.1. The Balaban J connectivity index is 1.83. The quantitative estimate of drug-likeness (QED) is 0.890. The molecule has 0 aliphatic rings. The van der Waals surface area contributed by atoms with Crippen LogP contribution in [0.1, 0.15) is 18.5 Å². The van der Waals surface area contributed by atoms with Crippen LogP contribution in [-0.2, 0) is 6.54 Å². The lowest BCUT2D eigenvalue weighted by molar-refractivity contribution is -0.274. The van der Waals surface area contributed by atoms with Crippen molar-refractivity contribution in [1.82, 2.24) is 20.3 Å². The standard InChI is InChI=1S/C13H15F3N4O/c1-10(17-6-8-20-9-7-18-19-20)11-2-4-12(5-3-11)21-13(14,15)16/h2-5,7,9-10,17H,6,8H2,1H3. The highest BCUT2D eigenvalue weighted by Gasteiger charge is 2.30. The van der Waals surface area contributed by atoms with E-state index < -0.39 is 6.36 Å². The second-order valence-electron chi connectivity index (χ2n) is 4.46. The molecule has 0 saturated heterocycles. The number of nitrogens with zero attached hydrogens (tertiary/aromatic N) is 3. The average molecular weight is 300 g/mol. The van der Waals surface area contributed by atoms with Crippen LogP contribution in [0.4, 0.5) is 13.2 Å². The van der Waals surface area contributed by atoms with Gasteiger partial charge in [-0.25, -0.2) is 0 Å². The molecule has 0 aliphatic heterocycles. The number of rotatable bonds is 6. The topological polar surface area (TPSA) is 52.0 Å². The number of nitrogens with one attached hydrogen (secondary N) is 1. The molecule has 1 atom stereocenters. The van der Waals surface area contributed by atoms with E-state index in [-0.39, 0.29) is 11.8 Å². The van der Waals surface area contributed by atoms with Crippen molar-refractivity contribution in [3.8, 4) is 5.75 Å². The molecule has 0 fully saturated rings. The first-order valence-electron chi connectivity index (χ1n) is 6.37. The van der Waals surface area contributed by atoms with Crippen molar-refractivity contribution in [1.29, 1.82) is 0 Å². The molecule has 0 amide bonds. The molecular formula is C13H15F3N4O. The molecule has 1 unspecified atom stereocenters. The molecular weight excluding hydrogens is 285 g/mol. The number of aromatic nitrogens is 3. The Morgan fingerprint density at radius 3 is 2.57 bits per heavy atom. The summed E-state index contributed by atoms with van der Waals surface area (Å²) in [4.78, 5) is 0. The summed E-state index contributed by atoms with van der Waals surface area (Å²) in [5.74, 6) is -0.221. The lowest BCUT2D eigenvalue weighted by Crippen LogP contribution is -2.23. The van der Waals surface area contributed by atoms with Gasteiger partial charge < -0.3 is 10.1 Å².